The number of nitrogens with zero attached hydrogens (tertiary/aromatic N) is 1. The zero-order valence-electron chi connectivity index (χ0n) is 12.9. The summed E-state index contributed by atoms with van der Waals surface area (Å²) in [6, 6.07) is 14.1. The molecule has 0 aliphatic carbocycles. The molecule has 0 radical (unpaired) electrons. The highest BCUT2D eigenvalue weighted by atomic mass is 79.9. The molecule has 0 aliphatic heterocycles. The average Bonchev–Trinajstić information content (AvgIpc) is 2.54. The van der Waals surface area contributed by atoms with Gasteiger partial charge in [0.05, 0.1) is 10.9 Å². The average molecular weight is 412 g/mol. The fourth-order valence-corrected chi connectivity index (χ4v) is 4.95. The molecule has 122 valence electrons. The Labute approximate surface area is 150 Å². The third-order valence-corrected chi connectivity index (χ3v) is 7.25. The SMILES string of the molecule is C=CC(C)N(Sc1ccc(Br)cc1)S(=O)(=O)c1ccc(C)cc1. The lowest BCUT2D eigenvalue weighted by Gasteiger charge is -2.25. The van der Waals surface area contributed by atoms with Crippen molar-refractivity contribution in [2.75, 3.05) is 0 Å². The van der Waals surface area contributed by atoms with Crippen molar-refractivity contribution in [3.8, 4) is 0 Å². The van der Waals surface area contributed by atoms with Gasteiger partial charge in [0.1, 0.15) is 0 Å². The van der Waals surface area contributed by atoms with Gasteiger partial charge in [0.2, 0.25) is 0 Å². The normalized spacial score (nSPS) is 13.0. The van der Waals surface area contributed by atoms with E-state index >= 15 is 0 Å². The van der Waals surface area contributed by atoms with Gasteiger partial charge in [0.25, 0.3) is 10.0 Å². The highest BCUT2D eigenvalue weighted by Crippen LogP contribution is 2.32. The molecule has 23 heavy (non-hydrogen) atoms. The first-order valence-corrected chi connectivity index (χ1v) is 10.0. The Kier molecular flexibility index (Phi) is 6.08. The Morgan fingerprint density at radius 2 is 1.70 bits per heavy atom. The molecular weight excluding hydrogens is 394 g/mol. The summed E-state index contributed by atoms with van der Waals surface area (Å²) in [5.74, 6) is 0. The molecule has 0 fully saturated rings. The van der Waals surface area contributed by atoms with Gasteiger partial charge in [-0.2, -0.15) is 0 Å². The van der Waals surface area contributed by atoms with Crippen LogP contribution in [0.15, 0.2) is 75.4 Å². The van der Waals surface area contributed by atoms with E-state index in [1.54, 1.807) is 30.3 Å². The van der Waals surface area contributed by atoms with E-state index in [4.69, 9.17) is 0 Å². The van der Waals surface area contributed by atoms with Crippen molar-refractivity contribution in [1.29, 1.82) is 0 Å². The molecule has 2 aromatic carbocycles. The molecule has 0 heterocycles. The Hall–Kier alpha value is -1.08. The van der Waals surface area contributed by atoms with Crippen molar-refractivity contribution in [2.24, 2.45) is 0 Å². The Morgan fingerprint density at radius 1 is 1.13 bits per heavy atom. The first kappa shape index (κ1) is 18.3. The van der Waals surface area contributed by atoms with Gasteiger partial charge in [-0.25, -0.2) is 8.42 Å². The summed E-state index contributed by atoms with van der Waals surface area (Å²) in [6.07, 6.45) is 1.62. The van der Waals surface area contributed by atoms with Crippen molar-refractivity contribution in [1.82, 2.24) is 3.71 Å². The van der Waals surface area contributed by atoms with Crippen LogP contribution < -0.4 is 0 Å². The van der Waals surface area contributed by atoms with Crippen LogP contribution in [0, 0.1) is 6.92 Å². The number of hydrogen-bond donors (Lipinski definition) is 0. The summed E-state index contributed by atoms with van der Waals surface area (Å²) in [7, 11) is -3.62. The number of hydrogen-bond acceptors (Lipinski definition) is 3. The molecule has 0 aromatic heterocycles. The maximum Gasteiger partial charge on any atom is 0.253 e. The summed E-state index contributed by atoms with van der Waals surface area (Å²) in [4.78, 5) is 1.12. The molecule has 3 nitrogen and oxygen atoms in total. The van der Waals surface area contributed by atoms with E-state index < -0.39 is 10.0 Å². The number of rotatable bonds is 6. The lowest BCUT2D eigenvalue weighted by molar-refractivity contribution is 0.522. The van der Waals surface area contributed by atoms with E-state index in [0.29, 0.717) is 0 Å². The number of benzene rings is 2. The van der Waals surface area contributed by atoms with Crippen LogP contribution in [0.1, 0.15) is 12.5 Å². The molecule has 1 atom stereocenters. The van der Waals surface area contributed by atoms with E-state index in [0.717, 1.165) is 14.9 Å². The second-order valence-corrected chi connectivity index (χ2v) is 9.10. The second kappa shape index (κ2) is 7.66. The van der Waals surface area contributed by atoms with Gasteiger partial charge < -0.3 is 0 Å². The van der Waals surface area contributed by atoms with Crippen LogP contribution in [-0.2, 0) is 10.0 Å². The minimum Gasteiger partial charge on any atom is -0.206 e. The van der Waals surface area contributed by atoms with Gasteiger partial charge in [-0.1, -0.05) is 39.7 Å². The number of sulfonamides is 1. The molecule has 1 unspecified atom stereocenters. The van der Waals surface area contributed by atoms with Crippen molar-refractivity contribution in [3.63, 3.8) is 0 Å². The van der Waals surface area contributed by atoms with E-state index in [1.165, 1.54) is 15.7 Å². The molecule has 0 spiro atoms. The van der Waals surface area contributed by atoms with Gasteiger partial charge in [0.15, 0.2) is 0 Å². The number of aryl methyl sites for hydroxylation is 1. The minimum absolute atomic E-state index is 0.279. The van der Waals surface area contributed by atoms with Crippen molar-refractivity contribution >= 4 is 37.9 Å². The fourth-order valence-electron chi connectivity index (χ4n) is 1.85. The highest BCUT2D eigenvalue weighted by Gasteiger charge is 2.29. The first-order chi connectivity index (χ1) is 10.8. The zero-order valence-corrected chi connectivity index (χ0v) is 16.2. The maximum absolute atomic E-state index is 13.0. The van der Waals surface area contributed by atoms with Crippen molar-refractivity contribution < 1.29 is 8.42 Å². The summed E-state index contributed by atoms with van der Waals surface area (Å²) < 4.78 is 28.3. The maximum atomic E-state index is 13.0. The molecule has 0 bridgehead atoms. The van der Waals surface area contributed by atoms with Gasteiger partial charge in [-0.05, 0) is 62.2 Å². The largest absolute Gasteiger partial charge is 0.253 e. The van der Waals surface area contributed by atoms with Crippen LogP contribution in [-0.4, -0.2) is 18.2 Å². The smallest absolute Gasteiger partial charge is 0.206 e. The van der Waals surface area contributed by atoms with E-state index in [2.05, 4.69) is 22.5 Å². The number of halogens is 1. The second-order valence-electron chi connectivity index (χ2n) is 5.09. The topological polar surface area (TPSA) is 37.4 Å². The molecule has 0 saturated heterocycles. The monoisotopic (exact) mass is 411 g/mol. The van der Waals surface area contributed by atoms with E-state index in [9.17, 15) is 8.42 Å². The third-order valence-electron chi connectivity index (χ3n) is 3.24. The first-order valence-electron chi connectivity index (χ1n) is 7.02. The predicted octanol–water partition coefficient (Wildman–Crippen LogP) is 5.03. The van der Waals surface area contributed by atoms with Crippen LogP contribution in [0.3, 0.4) is 0 Å². The lowest BCUT2D eigenvalue weighted by Crippen LogP contribution is -2.31. The highest BCUT2D eigenvalue weighted by molar-refractivity contribution is 9.10. The van der Waals surface area contributed by atoms with E-state index in [1.807, 2.05) is 38.1 Å². The molecule has 2 rings (SSSR count). The van der Waals surface area contributed by atoms with Crippen LogP contribution >= 0.6 is 27.9 Å². The molecule has 0 saturated carbocycles. The Morgan fingerprint density at radius 3 is 2.22 bits per heavy atom. The fraction of sp³-hybridized carbons (Fsp3) is 0.176. The molecule has 0 N–H and O–H groups in total. The quantitative estimate of drug-likeness (QED) is 0.493. The predicted molar refractivity (Wildman–Crippen MR) is 99.9 cm³/mol. The van der Waals surface area contributed by atoms with Crippen LogP contribution in [0.5, 0.6) is 0 Å². The summed E-state index contributed by atoms with van der Waals surface area (Å²) in [6.45, 7) is 7.47. The molecule has 2 aromatic rings. The van der Waals surface area contributed by atoms with Gasteiger partial charge in [0, 0.05) is 9.37 Å². The van der Waals surface area contributed by atoms with E-state index in [-0.39, 0.29) is 10.9 Å². The molecule has 6 heteroatoms. The zero-order chi connectivity index (χ0) is 17.0. The standard InChI is InChI=1S/C17H18BrNO2S2/c1-4-14(3)19(22-16-9-7-15(18)8-10-16)23(20,21)17-11-5-13(2)6-12-17/h4-12,14H,1H2,2-3H3. The summed E-state index contributed by atoms with van der Waals surface area (Å²) >= 11 is 4.57. The van der Waals surface area contributed by atoms with Gasteiger partial charge >= 0.3 is 0 Å². The summed E-state index contributed by atoms with van der Waals surface area (Å²) in [5.41, 5.74) is 1.02. The van der Waals surface area contributed by atoms with Crippen LogP contribution in [0.25, 0.3) is 0 Å². The molecule has 0 aliphatic rings. The van der Waals surface area contributed by atoms with Gasteiger partial charge in [-0.3, -0.25) is 0 Å². The minimum atomic E-state index is -3.62. The Bertz CT molecular complexity index is 771. The van der Waals surface area contributed by atoms with Crippen LogP contribution in [0.4, 0.5) is 0 Å². The van der Waals surface area contributed by atoms with Crippen LogP contribution in [0.2, 0.25) is 0 Å². The Balaban J connectivity index is 2.39. The molecular formula is C17H18BrNO2S2. The summed E-state index contributed by atoms with van der Waals surface area (Å²) in [5, 5.41) is 0. The van der Waals surface area contributed by atoms with Gasteiger partial charge in [-0.15, -0.1) is 10.3 Å². The molecule has 0 amide bonds. The third kappa shape index (κ3) is 4.47. The van der Waals surface area contributed by atoms with Crippen molar-refractivity contribution in [2.45, 2.75) is 29.7 Å². The van der Waals surface area contributed by atoms with Crippen molar-refractivity contribution in [3.05, 3.63) is 71.2 Å². The lowest BCUT2D eigenvalue weighted by atomic mass is 10.2.